The van der Waals surface area contributed by atoms with Crippen molar-refractivity contribution in [2.24, 2.45) is 0 Å². The lowest BCUT2D eigenvalue weighted by Gasteiger charge is -2.09. The Morgan fingerprint density at radius 2 is 2.18 bits per heavy atom. The van der Waals surface area contributed by atoms with Crippen LogP contribution in [0.15, 0.2) is 4.79 Å². The van der Waals surface area contributed by atoms with Crippen LogP contribution in [-0.2, 0) is 19.3 Å². The molecular formula is C13H16N2OS. The molecule has 0 bridgehead atoms. The highest BCUT2D eigenvalue weighted by atomic mass is 32.1. The van der Waals surface area contributed by atoms with Crippen LogP contribution in [0.25, 0.3) is 10.2 Å². The van der Waals surface area contributed by atoms with Crippen LogP contribution in [0.4, 0.5) is 0 Å². The number of aromatic nitrogens is 2. The van der Waals surface area contributed by atoms with Crippen molar-refractivity contribution in [1.29, 1.82) is 0 Å². The zero-order chi connectivity index (χ0) is 11.8. The van der Waals surface area contributed by atoms with Crippen LogP contribution in [0.5, 0.6) is 0 Å². The fourth-order valence-electron chi connectivity index (χ4n) is 2.56. The van der Waals surface area contributed by atoms with Crippen molar-refractivity contribution in [1.82, 2.24) is 9.97 Å². The van der Waals surface area contributed by atoms with Crippen LogP contribution in [0.3, 0.4) is 0 Å². The predicted octanol–water partition coefficient (Wildman–Crippen LogP) is 2.82. The lowest BCUT2D eigenvalue weighted by molar-refractivity contribution is 0.700. The first-order valence-electron chi connectivity index (χ1n) is 6.33. The highest BCUT2D eigenvalue weighted by Gasteiger charge is 2.19. The average Bonchev–Trinajstić information content (AvgIpc) is 2.67. The molecular weight excluding hydrogens is 232 g/mol. The second-order valence-corrected chi connectivity index (χ2v) is 5.74. The van der Waals surface area contributed by atoms with E-state index < -0.39 is 0 Å². The maximum atomic E-state index is 12.1. The third-order valence-electron chi connectivity index (χ3n) is 3.36. The van der Waals surface area contributed by atoms with Crippen molar-refractivity contribution < 1.29 is 0 Å². The van der Waals surface area contributed by atoms with Crippen LogP contribution in [-0.4, -0.2) is 9.97 Å². The van der Waals surface area contributed by atoms with Gasteiger partial charge in [0.15, 0.2) is 0 Å². The van der Waals surface area contributed by atoms with Gasteiger partial charge < -0.3 is 4.98 Å². The minimum Gasteiger partial charge on any atom is -0.310 e. The first kappa shape index (κ1) is 11.0. The number of thiophene rings is 1. The van der Waals surface area contributed by atoms with Gasteiger partial charge in [0, 0.05) is 11.3 Å². The molecule has 1 aliphatic carbocycles. The average molecular weight is 248 g/mol. The second kappa shape index (κ2) is 4.26. The molecule has 0 aliphatic heterocycles. The minimum atomic E-state index is 0.0675. The number of fused-ring (bicyclic) bond motifs is 3. The molecule has 0 saturated heterocycles. The van der Waals surface area contributed by atoms with Gasteiger partial charge in [0.2, 0.25) is 0 Å². The molecule has 90 valence electrons. The van der Waals surface area contributed by atoms with E-state index in [-0.39, 0.29) is 5.56 Å². The van der Waals surface area contributed by atoms with Gasteiger partial charge in [-0.15, -0.1) is 11.3 Å². The molecule has 4 heteroatoms. The van der Waals surface area contributed by atoms with Crippen LogP contribution in [0.1, 0.15) is 42.5 Å². The zero-order valence-electron chi connectivity index (χ0n) is 10.0. The maximum Gasteiger partial charge on any atom is 0.259 e. The Bertz CT molecular complexity index is 612. The molecule has 0 fully saturated rings. The van der Waals surface area contributed by atoms with Gasteiger partial charge >= 0.3 is 0 Å². The van der Waals surface area contributed by atoms with Crippen LogP contribution in [0.2, 0.25) is 0 Å². The molecule has 17 heavy (non-hydrogen) atoms. The predicted molar refractivity (Wildman–Crippen MR) is 70.9 cm³/mol. The topological polar surface area (TPSA) is 45.8 Å². The first-order chi connectivity index (χ1) is 8.29. The van der Waals surface area contributed by atoms with Crippen molar-refractivity contribution in [3.05, 3.63) is 26.6 Å². The van der Waals surface area contributed by atoms with E-state index >= 15 is 0 Å². The Morgan fingerprint density at radius 1 is 1.35 bits per heavy atom. The number of hydrogen-bond acceptors (Lipinski definition) is 3. The summed E-state index contributed by atoms with van der Waals surface area (Å²) in [6.07, 6.45) is 6.49. The number of nitrogens with zero attached hydrogens (tertiary/aromatic N) is 1. The third-order valence-corrected chi connectivity index (χ3v) is 4.55. The summed E-state index contributed by atoms with van der Waals surface area (Å²) in [6, 6.07) is 0. The summed E-state index contributed by atoms with van der Waals surface area (Å²) < 4.78 is 0. The largest absolute Gasteiger partial charge is 0.310 e. The lowest BCUT2D eigenvalue weighted by atomic mass is 9.97. The summed E-state index contributed by atoms with van der Waals surface area (Å²) in [5.74, 6) is 0.837. The van der Waals surface area contributed by atoms with Crippen molar-refractivity contribution in [3.8, 4) is 0 Å². The Balaban J connectivity index is 2.23. The monoisotopic (exact) mass is 248 g/mol. The minimum absolute atomic E-state index is 0.0675. The van der Waals surface area contributed by atoms with Crippen molar-refractivity contribution in [2.45, 2.75) is 45.4 Å². The van der Waals surface area contributed by atoms with E-state index in [1.807, 2.05) is 0 Å². The van der Waals surface area contributed by atoms with Gasteiger partial charge in [-0.05, 0) is 37.7 Å². The van der Waals surface area contributed by atoms with Crippen LogP contribution >= 0.6 is 11.3 Å². The summed E-state index contributed by atoms with van der Waals surface area (Å²) in [7, 11) is 0. The summed E-state index contributed by atoms with van der Waals surface area (Å²) in [5, 5.41) is 0.865. The second-order valence-electron chi connectivity index (χ2n) is 4.65. The number of rotatable bonds is 2. The van der Waals surface area contributed by atoms with Gasteiger partial charge in [0.25, 0.3) is 5.56 Å². The third kappa shape index (κ3) is 1.80. The zero-order valence-corrected chi connectivity index (χ0v) is 10.8. The Kier molecular flexibility index (Phi) is 2.74. The molecule has 2 aromatic heterocycles. The number of H-pyrrole nitrogens is 1. The summed E-state index contributed by atoms with van der Waals surface area (Å²) >= 11 is 1.72. The molecule has 0 spiro atoms. The van der Waals surface area contributed by atoms with Gasteiger partial charge in [-0.1, -0.05) is 6.92 Å². The van der Waals surface area contributed by atoms with Crippen molar-refractivity contribution in [3.63, 3.8) is 0 Å². The smallest absolute Gasteiger partial charge is 0.259 e. The Morgan fingerprint density at radius 3 is 3.00 bits per heavy atom. The molecule has 1 aliphatic rings. The highest BCUT2D eigenvalue weighted by Crippen LogP contribution is 2.33. The highest BCUT2D eigenvalue weighted by molar-refractivity contribution is 7.18. The normalized spacial score (nSPS) is 15.1. The van der Waals surface area contributed by atoms with E-state index in [1.165, 1.54) is 23.3 Å². The van der Waals surface area contributed by atoms with Crippen molar-refractivity contribution >= 4 is 21.6 Å². The number of hydrogen-bond donors (Lipinski definition) is 1. The van der Waals surface area contributed by atoms with E-state index in [1.54, 1.807) is 11.3 Å². The first-order valence-corrected chi connectivity index (χ1v) is 7.14. The molecule has 3 nitrogen and oxygen atoms in total. The Hall–Kier alpha value is -1.16. The number of nitrogens with one attached hydrogen (secondary N) is 1. The van der Waals surface area contributed by atoms with Gasteiger partial charge in [-0.25, -0.2) is 4.98 Å². The summed E-state index contributed by atoms with van der Waals surface area (Å²) in [5.41, 5.74) is 1.34. The van der Waals surface area contributed by atoms with Crippen LogP contribution < -0.4 is 5.56 Å². The SMILES string of the molecule is CCCc1nc2sc3c(c2c(=O)[nH]1)CCCC3. The quantitative estimate of drug-likeness (QED) is 0.888. The molecule has 2 heterocycles. The van der Waals surface area contributed by atoms with E-state index in [0.717, 1.165) is 41.7 Å². The molecule has 3 rings (SSSR count). The molecule has 0 saturated carbocycles. The fraction of sp³-hybridized carbons (Fsp3) is 0.538. The van der Waals surface area contributed by atoms with Crippen molar-refractivity contribution in [2.75, 3.05) is 0 Å². The molecule has 0 radical (unpaired) electrons. The summed E-state index contributed by atoms with van der Waals surface area (Å²) in [4.78, 5) is 22.0. The number of aryl methyl sites for hydroxylation is 3. The summed E-state index contributed by atoms with van der Waals surface area (Å²) in [6.45, 7) is 2.10. The van der Waals surface area contributed by atoms with Crippen LogP contribution in [0, 0.1) is 0 Å². The van der Waals surface area contributed by atoms with E-state index in [4.69, 9.17) is 0 Å². The fourth-order valence-corrected chi connectivity index (χ4v) is 3.84. The molecule has 1 N–H and O–H groups in total. The van der Waals surface area contributed by atoms with Gasteiger partial charge in [0.1, 0.15) is 10.7 Å². The molecule has 2 aromatic rings. The molecule has 0 aromatic carbocycles. The molecule has 0 unspecified atom stereocenters. The maximum absolute atomic E-state index is 12.1. The van der Waals surface area contributed by atoms with E-state index in [0.29, 0.717) is 0 Å². The van der Waals surface area contributed by atoms with Gasteiger partial charge in [-0.2, -0.15) is 0 Å². The lowest BCUT2D eigenvalue weighted by Crippen LogP contribution is -2.12. The van der Waals surface area contributed by atoms with Gasteiger partial charge in [-0.3, -0.25) is 4.79 Å². The standard InChI is InChI=1S/C13H16N2OS/c1-2-5-10-14-12(16)11-8-6-3-4-7-9(8)17-13(11)15-10/h2-7H2,1H3,(H,14,15,16). The molecule has 0 atom stereocenters. The van der Waals surface area contributed by atoms with E-state index in [2.05, 4.69) is 16.9 Å². The number of aromatic amines is 1. The van der Waals surface area contributed by atoms with Gasteiger partial charge in [0.05, 0.1) is 5.39 Å². The molecule has 0 amide bonds. The Labute approximate surface area is 104 Å². The van der Waals surface area contributed by atoms with E-state index in [9.17, 15) is 4.79 Å².